The Balaban J connectivity index is 0.000000312. The maximum atomic E-state index is 14.6. The average Bonchev–Trinajstić information content (AvgIpc) is 1.70. The average molecular weight is 2020 g/mol. The Kier molecular flexibility index (Phi) is 39.9. The Hall–Kier alpha value is -12.9. The zero-order valence-electron chi connectivity index (χ0n) is 75.8. The number of likely N-dealkylation sites (N-methyl/N-ethyl adjacent to an activating group) is 1. The number of H-pyrrole nitrogens is 2. The summed E-state index contributed by atoms with van der Waals surface area (Å²) in [5, 5.41) is 83.8. The lowest BCUT2D eigenvalue weighted by Gasteiger charge is -2.30. The number of carboxylic acid groups (broad SMARTS) is 2. The molecule has 5 aromatic rings. The molecule has 3 aromatic carbocycles. The van der Waals surface area contributed by atoms with Crippen molar-refractivity contribution in [1.82, 2.24) is 83.3 Å². The fourth-order valence-electron chi connectivity index (χ4n) is 15.4. The molecule has 0 saturated carbocycles. The number of rotatable bonds is 36. The molecule has 5 heterocycles. The summed E-state index contributed by atoms with van der Waals surface area (Å²) in [5.74, 6) is -12.6. The van der Waals surface area contributed by atoms with Gasteiger partial charge in [-0.1, -0.05) is 125 Å². The second-order valence-electron chi connectivity index (χ2n) is 34.3. The van der Waals surface area contributed by atoms with Crippen LogP contribution in [0.1, 0.15) is 147 Å². The Morgan fingerprint density at radius 1 is 0.704 bits per heavy atom. The van der Waals surface area contributed by atoms with Crippen LogP contribution < -0.4 is 75.0 Å². The number of urea groups is 1. The number of carbonyl (C=O) groups is 15. The van der Waals surface area contributed by atoms with E-state index in [2.05, 4.69) is 83.7 Å². The van der Waals surface area contributed by atoms with E-state index in [1.165, 1.54) is 65.6 Å². The Bertz CT molecular complexity index is 5470. The third kappa shape index (κ3) is 31.6. The van der Waals surface area contributed by atoms with Gasteiger partial charge in [-0.05, 0) is 138 Å². The summed E-state index contributed by atoms with van der Waals surface area (Å²) in [7, 11) is 3.73. The number of hydrogen-bond donors (Lipinski definition) is 20. The van der Waals surface area contributed by atoms with E-state index in [0.717, 1.165) is 16.4 Å². The van der Waals surface area contributed by atoms with Crippen LogP contribution in [0, 0.1) is 29.6 Å². The number of nitrogens with two attached hydrogens (primary N) is 1. The number of fused-ring (bicyclic) bond motifs is 3. The predicted octanol–water partition coefficient (Wildman–Crippen LogP) is 5.18. The molecule has 0 radical (unpaired) electrons. The number of halogens is 1. The van der Waals surface area contributed by atoms with Gasteiger partial charge < -0.3 is 114 Å². The van der Waals surface area contributed by atoms with E-state index in [-0.39, 0.29) is 140 Å². The monoisotopic (exact) mass is 2020 g/mol. The number of aromatic amines is 2. The van der Waals surface area contributed by atoms with E-state index in [9.17, 15) is 102 Å². The summed E-state index contributed by atoms with van der Waals surface area (Å²) in [6.07, 6.45) is 9.69. The molecule has 10 rings (SSSR count). The molecule has 21 N–H and O–H groups in total. The number of aromatic carboxylic acids is 1. The van der Waals surface area contributed by atoms with E-state index >= 15 is 0 Å². The highest BCUT2D eigenvalue weighted by molar-refractivity contribution is 14.1. The van der Waals surface area contributed by atoms with E-state index in [0.29, 0.717) is 62.9 Å². The zero-order chi connectivity index (χ0) is 98.4. The van der Waals surface area contributed by atoms with Gasteiger partial charge in [-0.3, -0.25) is 67.1 Å². The van der Waals surface area contributed by atoms with Crippen LogP contribution in [0.25, 0.3) is 33.4 Å². The number of nitrogens with one attached hydrogen (secondary N) is 14. The first-order chi connectivity index (χ1) is 64.3. The molecule has 43 heteroatoms. The minimum Gasteiger partial charge on any atom is -0.508 e. The molecule has 2 aliphatic carbocycles. The number of carboxylic acids is 2. The molecule has 135 heavy (non-hydrogen) atoms. The van der Waals surface area contributed by atoms with Crippen molar-refractivity contribution < 1.29 is 102 Å². The molecular formula is C92H117IN18O22S2. The van der Waals surface area contributed by atoms with Crippen molar-refractivity contribution in [3.8, 4) is 28.2 Å². The number of phenols is 1. The first-order valence-corrected chi connectivity index (χ1v) is 47.9. The van der Waals surface area contributed by atoms with Gasteiger partial charge in [-0.2, -0.15) is 0 Å². The summed E-state index contributed by atoms with van der Waals surface area (Å²) < 4.78 is 6.36. The zero-order valence-corrected chi connectivity index (χ0v) is 79.6. The highest BCUT2D eigenvalue weighted by atomic mass is 127. The Morgan fingerprint density at radius 2 is 1.39 bits per heavy atom. The number of allylic oxidation sites excluding steroid dienone is 3. The number of hydrogen-bond acceptors (Lipinski definition) is 24. The second kappa shape index (κ2) is 51.0. The van der Waals surface area contributed by atoms with Crippen LogP contribution in [0.2, 0.25) is 0 Å². The number of aliphatic hydroxyl groups excluding tert-OH is 2. The summed E-state index contributed by atoms with van der Waals surface area (Å²) in [6, 6.07) is 8.95. The van der Waals surface area contributed by atoms with Gasteiger partial charge in [0.05, 0.1) is 28.0 Å². The van der Waals surface area contributed by atoms with Gasteiger partial charge in [0.2, 0.25) is 70.9 Å². The number of aromatic nitrogens is 4. The van der Waals surface area contributed by atoms with E-state index in [4.69, 9.17) is 10.2 Å². The third-order valence-corrected chi connectivity index (χ3v) is 26.2. The molecule has 2 aromatic heterocycles. The van der Waals surface area contributed by atoms with Gasteiger partial charge in [-0.25, -0.2) is 19.6 Å². The molecular weight excluding hydrogens is 1900 g/mol. The van der Waals surface area contributed by atoms with Gasteiger partial charge in [-0.15, -0.1) is 0 Å². The quantitative estimate of drug-likeness (QED) is 0.0104. The number of benzene rings is 4. The van der Waals surface area contributed by atoms with E-state index in [1.54, 1.807) is 83.4 Å². The third-order valence-electron chi connectivity index (χ3n) is 22.7. The van der Waals surface area contributed by atoms with Crippen molar-refractivity contribution in [1.29, 1.82) is 0 Å². The number of carbonyl (C=O) groups excluding carboxylic acids is 13. The normalized spacial score (nSPS) is 19.9. The van der Waals surface area contributed by atoms with Crippen molar-refractivity contribution >= 4 is 150 Å². The fraction of sp³-hybridized carbons (Fsp3) is 0.457. The summed E-state index contributed by atoms with van der Waals surface area (Å²) in [4.78, 5) is 230. The van der Waals surface area contributed by atoms with Crippen molar-refractivity contribution in [3.63, 3.8) is 0 Å². The van der Waals surface area contributed by atoms with Crippen LogP contribution >= 0.6 is 44.2 Å². The molecule has 3 unspecified atom stereocenters. The minimum absolute atomic E-state index is 0.0116. The number of nitrogens with zero attached hydrogens (tertiary/aromatic N) is 3. The molecule has 2 saturated heterocycles. The van der Waals surface area contributed by atoms with Crippen LogP contribution in [0.3, 0.4) is 0 Å². The van der Waals surface area contributed by atoms with Crippen molar-refractivity contribution in [2.45, 2.75) is 205 Å². The summed E-state index contributed by atoms with van der Waals surface area (Å²) >= 11 is 1.91. The van der Waals surface area contributed by atoms with Crippen LogP contribution in [0.4, 0.5) is 10.5 Å². The number of anilines is 1. The molecule has 14 amide bonds. The van der Waals surface area contributed by atoms with E-state index < -0.39 is 174 Å². The Morgan fingerprint density at radius 3 is 2.05 bits per heavy atom. The second-order valence-corrected chi connectivity index (χ2v) is 38.0. The lowest BCUT2D eigenvalue weighted by Crippen LogP contribution is -2.61. The number of amides is 14. The smallest absolute Gasteiger partial charge is 0.336 e. The van der Waals surface area contributed by atoms with Crippen LogP contribution in [-0.4, -0.2) is 237 Å². The van der Waals surface area contributed by atoms with Crippen molar-refractivity contribution in [3.05, 3.63) is 164 Å². The fourth-order valence-corrected chi connectivity index (χ4v) is 18.7. The Labute approximate surface area is 799 Å². The first kappa shape index (κ1) is 106. The van der Waals surface area contributed by atoms with Crippen molar-refractivity contribution in [2.75, 3.05) is 37.0 Å². The molecule has 0 bridgehead atoms. The lowest BCUT2D eigenvalue weighted by molar-refractivity contribution is -0.142. The van der Waals surface area contributed by atoms with Gasteiger partial charge in [0, 0.05) is 128 Å². The number of aromatic hydroxyl groups is 1. The van der Waals surface area contributed by atoms with Gasteiger partial charge in [0.15, 0.2) is 5.43 Å². The number of imidazole rings is 2. The maximum absolute atomic E-state index is 14.6. The lowest BCUT2D eigenvalue weighted by atomic mass is 9.90. The summed E-state index contributed by atoms with van der Waals surface area (Å²) in [6.45, 7) is 12.4. The molecule has 5 aliphatic rings. The van der Waals surface area contributed by atoms with Gasteiger partial charge in [0.1, 0.15) is 89.1 Å². The van der Waals surface area contributed by atoms with Crippen molar-refractivity contribution in [2.24, 2.45) is 35.3 Å². The molecule has 3 aliphatic heterocycles. The van der Waals surface area contributed by atoms with Gasteiger partial charge in [0.25, 0.3) is 0 Å². The number of unbranched alkanes of at least 4 members (excludes halogenated alkanes) is 2. The number of phenolic OH excluding ortho intramolecular Hbond substituents is 1. The maximum Gasteiger partial charge on any atom is 0.336 e. The molecule has 726 valence electrons. The van der Waals surface area contributed by atoms with Crippen LogP contribution in [0.5, 0.6) is 5.75 Å². The highest BCUT2D eigenvalue weighted by Gasteiger charge is 2.44. The minimum atomic E-state index is -1.80. The molecule has 14 atom stereocenters. The van der Waals surface area contributed by atoms with Gasteiger partial charge >= 0.3 is 18.0 Å². The number of aliphatic carboxylic acids is 1. The summed E-state index contributed by atoms with van der Waals surface area (Å²) in [5.41, 5.74) is 8.21. The number of aliphatic hydroxyl groups is 2. The van der Waals surface area contributed by atoms with E-state index in [1.807, 2.05) is 66.8 Å². The largest absolute Gasteiger partial charge is 0.508 e. The molecule has 2 fully saturated rings. The predicted molar refractivity (Wildman–Crippen MR) is 510 cm³/mol. The first-order valence-electron chi connectivity index (χ1n) is 44.3. The number of primary amides is 1. The molecule has 40 nitrogen and oxygen atoms in total. The van der Waals surface area contributed by atoms with Crippen LogP contribution in [-0.2, 0) is 81.6 Å². The van der Waals surface area contributed by atoms with Crippen LogP contribution in [0.15, 0.2) is 141 Å². The SMILES string of the molecule is CCC(C)[C@H](NC(=O)[C@H](Cc1cnc[nH]1)NC(=O)[C@@H]1CSSC[C@H](C)C(=O)N2CC(O)C[C@H]2C(=O)N[C@@H](CC2C=C(I)C(O)=CC2)C(=O)N[C@@H](CC(=O)O)C(=O)N[C@@H](CC(C)C)C(=O)N1)C(=O)N[C@@H](CC(C)C)C(N)=O.CNC(=O)[C@H](Cc1ncc[nH]1)NC(=O)[C@H](Cc1ccccc1)NC(=O)CCCCCNC(=O)Nc1ccc(-c2c3ccc(=O)cc-3oc3cc(O)ccc23)c(C(=O)O)c1. The molecule has 0 spiro atoms. The standard InChI is InChI=1S/C49H74IN11O13S2.C43H43N7O9/c1-8-25(6)40(48(73)54-31(41(51)66)11-23(2)3)60-45(70)34(15-28-18-52-22-53-28)56-46(71)36-21-76-75-20-26(7)49(74)61-19-29(62)16-37(61)47(72)58-33(14-27-9-10-38(63)30(50)13-27)43(68)57-35(17-39(64)65)44(69)55-32(12-24(4)5)42(67)59-36;1-44-40(54)34(24-37-45-18-19-46-37)50-41(55)33(20-25-8-4-2-5-9-25)49-38(53)10-6-3-7-17-47-43(58)48-26-11-14-29(32(21-26)42(56)57)39-30-15-12-27(51)22-35(30)59-36-23-28(52)13-16-31(36)39/h10,13,18,22-27,29,31-37,40,62-63H,8-9,11-12,14-17,19-21H2,1-7H3,(H2,51,66)(H,52,53)(H,54,73)(H,55,69)(H,56,71)(H,57,68)(H,58,72)(H,59,67)(H,60,70)(H,64,65);2,4-5,8-9,11-16,18-19,21-23,33-34,51H,3,6-7,10,17,20,24H2,1H3,(H,44,54)(H,45,46)(H,49,53)(H,50,55)(H,56,57)(H2,47,48,58)/t25?,26-,27?,29?,31-,32-,33-,34-,35-,36-,37-,40-;33-,34-/m00/s1. The topological polar surface area (TPSA) is 618 Å². The highest BCUT2D eigenvalue weighted by Crippen LogP contribution is 2.43.